The smallest absolute Gasteiger partial charge is 0.293 e. The third-order valence-electron chi connectivity index (χ3n) is 5.01. The molecule has 0 bridgehead atoms. The second kappa shape index (κ2) is 7.89. The molecule has 1 aliphatic heterocycles. The van der Waals surface area contributed by atoms with Gasteiger partial charge in [0.1, 0.15) is 11.8 Å². The Hall–Kier alpha value is -2.45. The summed E-state index contributed by atoms with van der Waals surface area (Å²) in [5.74, 6) is -0.259. The van der Waals surface area contributed by atoms with Crippen LogP contribution in [0.4, 0.5) is 11.4 Å². The third-order valence-corrected chi connectivity index (χ3v) is 5.73. The van der Waals surface area contributed by atoms with Crippen LogP contribution in [0.1, 0.15) is 34.9 Å². The number of nitro benzene ring substituents is 1. The molecule has 1 saturated heterocycles. The number of carbonyl (C=O) groups excluding carboxylic acids is 1. The van der Waals surface area contributed by atoms with Gasteiger partial charge in [-0.3, -0.25) is 14.9 Å². The zero-order valence-corrected chi connectivity index (χ0v) is 16.7. The third kappa shape index (κ3) is 4.02. The van der Waals surface area contributed by atoms with E-state index in [0.717, 1.165) is 22.9 Å². The van der Waals surface area contributed by atoms with Gasteiger partial charge in [0, 0.05) is 35.2 Å². The molecule has 1 N–H and O–H groups in total. The minimum absolute atomic E-state index is 0.0591. The van der Waals surface area contributed by atoms with E-state index in [-0.39, 0.29) is 23.7 Å². The minimum Gasteiger partial charge on any atom is -0.370 e. The van der Waals surface area contributed by atoms with Crippen LogP contribution >= 0.6 is 15.9 Å². The monoisotopic (exact) mass is 445 g/mol. The van der Waals surface area contributed by atoms with Gasteiger partial charge < -0.3 is 15.0 Å². The van der Waals surface area contributed by atoms with Crippen LogP contribution in [0, 0.1) is 10.1 Å². The first kappa shape index (κ1) is 18.9. The maximum atomic E-state index is 12.3. The highest BCUT2D eigenvalue weighted by molar-refractivity contribution is 9.10. The second-order valence-electron chi connectivity index (χ2n) is 7.04. The van der Waals surface area contributed by atoms with E-state index in [0.29, 0.717) is 30.9 Å². The number of nitrogens with one attached hydrogen (secondary N) is 1. The molecule has 146 valence electrons. The summed E-state index contributed by atoms with van der Waals surface area (Å²) in [4.78, 5) is 25.5. The van der Waals surface area contributed by atoms with Gasteiger partial charge in [-0.1, -0.05) is 34.1 Å². The lowest BCUT2D eigenvalue weighted by molar-refractivity contribution is -0.384. The van der Waals surface area contributed by atoms with Crippen LogP contribution in [0.2, 0.25) is 0 Å². The summed E-state index contributed by atoms with van der Waals surface area (Å²) in [5, 5.41) is 14.6. The second-order valence-corrected chi connectivity index (χ2v) is 7.89. The molecule has 8 heteroatoms. The Kier molecular flexibility index (Phi) is 5.32. The van der Waals surface area contributed by atoms with Crippen molar-refractivity contribution in [3.05, 3.63) is 68.2 Å². The summed E-state index contributed by atoms with van der Waals surface area (Å²) >= 11 is 3.54. The molecule has 7 nitrogen and oxygen atoms in total. The largest absolute Gasteiger partial charge is 0.370 e. The molecule has 2 fully saturated rings. The first-order chi connectivity index (χ1) is 13.5. The molecule has 28 heavy (non-hydrogen) atoms. The van der Waals surface area contributed by atoms with E-state index in [1.165, 1.54) is 6.07 Å². The van der Waals surface area contributed by atoms with Gasteiger partial charge in [-0.05, 0) is 36.6 Å². The zero-order chi connectivity index (χ0) is 19.7. The number of carbonyl (C=O) groups is 1. The minimum atomic E-state index is -0.424. The Bertz CT molecular complexity index is 916. The zero-order valence-electron chi connectivity index (χ0n) is 15.1. The van der Waals surface area contributed by atoms with E-state index in [1.54, 1.807) is 12.1 Å². The van der Waals surface area contributed by atoms with Crippen molar-refractivity contribution in [1.29, 1.82) is 0 Å². The van der Waals surface area contributed by atoms with Gasteiger partial charge in [0.2, 0.25) is 0 Å². The molecule has 1 aliphatic carbocycles. The van der Waals surface area contributed by atoms with E-state index in [1.807, 2.05) is 29.2 Å². The fourth-order valence-electron chi connectivity index (χ4n) is 3.37. The number of nitrogens with zero attached hydrogens (tertiary/aromatic N) is 2. The number of hydrogen-bond acceptors (Lipinski definition) is 5. The average molecular weight is 446 g/mol. The normalized spacial score (nSPS) is 19.3. The molecule has 1 heterocycles. The summed E-state index contributed by atoms with van der Waals surface area (Å²) in [6.45, 7) is 1.51. The predicted octanol–water partition coefficient (Wildman–Crippen LogP) is 3.83. The van der Waals surface area contributed by atoms with Crippen molar-refractivity contribution in [2.24, 2.45) is 0 Å². The van der Waals surface area contributed by atoms with Crippen LogP contribution in [0.3, 0.4) is 0 Å². The van der Waals surface area contributed by atoms with Gasteiger partial charge >= 0.3 is 0 Å². The lowest BCUT2D eigenvalue weighted by Gasteiger charge is -2.34. The fourth-order valence-corrected chi connectivity index (χ4v) is 3.91. The van der Waals surface area contributed by atoms with Crippen LogP contribution in [0.25, 0.3) is 0 Å². The molecule has 0 radical (unpaired) electrons. The molecule has 4 rings (SSSR count). The van der Waals surface area contributed by atoms with Gasteiger partial charge in [0.15, 0.2) is 0 Å². The highest BCUT2D eigenvalue weighted by Gasteiger charge is 2.29. The molecule has 1 unspecified atom stereocenters. The summed E-state index contributed by atoms with van der Waals surface area (Å²) in [6, 6.07) is 12.7. The van der Waals surface area contributed by atoms with Gasteiger partial charge in [-0.15, -0.1) is 0 Å². The van der Waals surface area contributed by atoms with Crippen LogP contribution < -0.4 is 10.2 Å². The van der Waals surface area contributed by atoms with Crippen molar-refractivity contribution in [3.63, 3.8) is 0 Å². The number of hydrogen-bond donors (Lipinski definition) is 1. The Morgan fingerprint density at radius 1 is 1.25 bits per heavy atom. The van der Waals surface area contributed by atoms with Crippen molar-refractivity contribution in [2.75, 3.05) is 24.6 Å². The van der Waals surface area contributed by atoms with Gasteiger partial charge in [-0.25, -0.2) is 0 Å². The molecule has 2 aliphatic rings. The van der Waals surface area contributed by atoms with E-state index in [9.17, 15) is 14.9 Å². The number of halogens is 1. The standard InChI is InChI=1S/C20H20BrN3O4/c21-16-4-2-1-3-15(16)19-12-23(9-10-28-19)17-8-5-13(11-18(17)24(26)27)20(25)22-14-6-7-14/h1-5,8,11,14,19H,6-7,9-10,12H2,(H,22,25). The summed E-state index contributed by atoms with van der Waals surface area (Å²) in [5.41, 5.74) is 1.78. The predicted molar refractivity (Wildman–Crippen MR) is 109 cm³/mol. The van der Waals surface area contributed by atoms with Gasteiger partial charge in [0.25, 0.3) is 11.6 Å². The number of nitro groups is 1. The van der Waals surface area contributed by atoms with Crippen molar-refractivity contribution in [3.8, 4) is 0 Å². The Morgan fingerprint density at radius 3 is 2.75 bits per heavy atom. The molecule has 1 saturated carbocycles. The topological polar surface area (TPSA) is 84.7 Å². The van der Waals surface area contributed by atoms with Crippen LogP contribution in [-0.2, 0) is 4.74 Å². The molecule has 1 atom stereocenters. The fraction of sp³-hybridized carbons (Fsp3) is 0.350. The molecular weight excluding hydrogens is 426 g/mol. The van der Waals surface area contributed by atoms with Crippen molar-refractivity contribution < 1.29 is 14.5 Å². The van der Waals surface area contributed by atoms with Crippen molar-refractivity contribution in [2.45, 2.75) is 25.0 Å². The van der Waals surface area contributed by atoms with Crippen LogP contribution in [0.5, 0.6) is 0 Å². The Balaban J connectivity index is 1.59. The molecule has 2 aromatic rings. The molecule has 0 aromatic heterocycles. The number of rotatable bonds is 5. The van der Waals surface area contributed by atoms with Gasteiger partial charge in [-0.2, -0.15) is 0 Å². The first-order valence-electron chi connectivity index (χ1n) is 9.23. The highest BCUT2D eigenvalue weighted by Crippen LogP contribution is 2.35. The van der Waals surface area contributed by atoms with Crippen molar-refractivity contribution >= 4 is 33.2 Å². The van der Waals surface area contributed by atoms with E-state index in [2.05, 4.69) is 21.2 Å². The number of morpholine rings is 1. The number of anilines is 1. The Labute approximate surface area is 171 Å². The maximum Gasteiger partial charge on any atom is 0.293 e. The Morgan fingerprint density at radius 2 is 2.04 bits per heavy atom. The summed E-state index contributed by atoms with van der Waals surface area (Å²) < 4.78 is 6.85. The number of ether oxygens (including phenoxy) is 1. The van der Waals surface area contributed by atoms with Crippen LogP contribution in [-0.4, -0.2) is 36.6 Å². The summed E-state index contributed by atoms with van der Waals surface area (Å²) in [6.07, 6.45) is 1.74. The SMILES string of the molecule is O=C(NC1CC1)c1ccc(N2CCOC(c3ccccc3Br)C2)c([N+](=O)[O-])c1. The van der Waals surface area contributed by atoms with E-state index >= 15 is 0 Å². The molecule has 1 amide bonds. The summed E-state index contributed by atoms with van der Waals surface area (Å²) in [7, 11) is 0. The van der Waals surface area contributed by atoms with Crippen molar-refractivity contribution in [1.82, 2.24) is 5.32 Å². The highest BCUT2D eigenvalue weighted by atomic mass is 79.9. The lowest BCUT2D eigenvalue weighted by Crippen LogP contribution is -2.38. The average Bonchev–Trinajstić information content (AvgIpc) is 3.52. The molecule has 2 aromatic carbocycles. The molecule has 0 spiro atoms. The van der Waals surface area contributed by atoms with E-state index in [4.69, 9.17) is 4.74 Å². The van der Waals surface area contributed by atoms with Crippen LogP contribution in [0.15, 0.2) is 46.9 Å². The number of amides is 1. The quantitative estimate of drug-likeness (QED) is 0.558. The maximum absolute atomic E-state index is 12.3. The molecular formula is C20H20BrN3O4. The first-order valence-corrected chi connectivity index (χ1v) is 10.0. The van der Waals surface area contributed by atoms with Gasteiger partial charge in [0.05, 0.1) is 11.5 Å². The lowest BCUT2D eigenvalue weighted by atomic mass is 10.1. The van der Waals surface area contributed by atoms with E-state index < -0.39 is 4.92 Å². The number of benzene rings is 2.